The van der Waals surface area contributed by atoms with Crippen LogP contribution >= 0.6 is 0 Å². The monoisotopic (exact) mass is 831 g/mol. The zero-order chi connectivity index (χ0) is 43.0. The van der Waals surface area contributed by atoms with Gasteiger partial charge in [0.2, 0.25) is 0 Å². The number of esters is 3. The first-order chi connectivity index (χ1) is 29.0. The second-order valence-corrected chi connectivity index (χ2v) is 17.4. The van der Waals surface area contributed by atoms with Crippen LogP contribution in [0, 0.1) is 0 Å². The summed E-state index contributed by atoms with van der Waals surface area (Å²) in [6, 6.07) is 0. The average Bonchev–Trinajstić information content (AvgIpc) is 3.23. The SMILES string of the molecule is CCCCC/C=C/C/C=C/CCCCCCCC(=O)OCC(COC(=O)CCCCCCCCCCCCCCC)OC(=O)CCCCCCCCCCCCCCC. The number of ether oxygens (including phenoxy) is 3. The number of hydrogen-bond acceptors (Lipinski definition) is 6. The van der Waals surface area contributed by atoms with Gasteiger partial charge < -0.3 is 14.2 Å². The number of unbranched alkanes of at least 4 members (excludes halogenated alkanes) is 32. The zero-order valence-corrected chi connectivity index (χ0v) is 39.5. The molecule has 0 radical (unpaired) electrons. The van der Waals surface area contributed by atoms with Gasteiger partial charge in [-0.2, -0.15) is 0 Å². The summed E-state index contributed by atoms with van der Waals surface area (Å²) < 4.78 is 16.8. The molecule has 0 N–H and O–H groups in total. The van der Waals surface area contributed by atoms with Crippen molar-refractivity contribution in [2.45, 2.75) is 284 Å². The molecule has 0 bridgehead atoms. The summed E-state index contributed by atoms with van der Waals surface area (Å²) in [5.74, 6) is -0.871. The second kappa shape index (κ2) is 48.6. The fraction of sp³-hybridized carbons (Fsp3) is 0.868. The van der Waals surface area contributed by atoms with Crippen molar-refractivity contribution in [3.05, 3.63) is 24.3 Å². The summed E-state index contributed by atoms with van der Waals surface area (Å²) >= 11 is 0. The molecule has 6 nitrogen and oxygen atoms in total. The van der Waals surface area contributed by atoms with Crippen molar-refractivity contribution in [3.63, 3.8) is 0 Å². The Kier molecular flexibility index (Phi) is 46.8. The van der Waals surface area contributed by atoms with Gasteiger partial charge in [0.25, 0.3) is 0 Å². The largest absolute Gasteiger partial charge is 0.462 e. The Labute approximate surface area is 366 Å². The summed E-state index contributed by atoms with van der Waals surface area (Å²) in [4.78, 5) is 37.9. The highest BCUT2D eigenvalue weighted by atomic mass is 16.6. The van der Waals surface area contributed by atoms with E-state index in [0.29, 0.717) is 19.3 Å². The van der Waals surface area contributed by atoms with Gasteiger partial charge in [-0.25, -0.2) is 0 Å². The van der Waals surface area contributed by atoms with Crippen LogP contribution < -0.4 is 0 Å². The number of carbonyl (C=O) groups is 3. The lowest BCUT2D eigenvalue weighted by Crippen LogP contribution is -2.30. The normalized spacial score (nSPS) is 12.1. The minimum absolute atomic E-state index is 0.0708. The van der Waals surface area contributed by atoms with Crippen LogP contribution in [0.25, 0.3) is 0 Å². The van der Waals surface area contributed by atoms with Gasteiger partial charge in [0.15, 0.2) is 6.10 Å². The zero-order valence-electron chi connectivity index (χ0n) is 39.5. The van der Waals surface area contributed by atoms with Gasteiger partial charge in [-0.05, 0) is 51.4 Å². The molecule has 0 rings (SSSR count). The van der Waals surface area contributed by atoms with E-state index in [1.807, 2.05) is 0 Å². The molecule has 0 amide bonds. The maximum atomic E-state index is 12.8. The van der Waals surface area contributed by atoms with E-state index in [0.717, 1.165) is 77.0 Å². The van der Waals surface area contributed by atoms with Crippen molar-refractivity contribution in [3.8, 4) is 0 Å². The van der Waals surface area contributed by atoms with E-state index in [4.69, 9.17) is 14.2 Å². The maximum Gasteiger partial charge on any atom is 0.306 e. The molecule has 59 heavy (non-hydrogen) atoms. The number of hydrogen-bond donors (Lipinski definition) is 0. The first-order valence-electron chi connectivity index (χ1n) is 25.8. The van der Waals surface area contributed by atoms with Crippen molar-refractivity contribution < 1.29 is 28.6 Å². The van der Waals surface area contributed by atoms with Crippen LogP contribution in [0.15, 0.2) is 24.3 Å². The fourth-order valence-electron chi connectivity index (χ4n) is 7.53. The lowest BCUT2D eigenvalue weighted by atomic mass is 10.0. The van der Waals surface area contributed by atoms with E-state index in [2.05, 4.69) is 45.1 Å². The Bertz CT molecular complexity index is 958. The molecule has 0 spiro atoms. The highest BCUT2D eigenvalue weighted by Crippen LogP contribution is 2.16. The third-order valence-electron chi connectivity index (χ3n) is 11.5. The number of rotatable bonds is 47. The Morgan fingerprint density at radius 1 is 0.339 bits per heavy atom. The predicted octanol–water partition coefficient (Wildman–Crippen LogP) is 16.8. The summed E-state index contributed by atoms with van der Waals surface area (Å²) in [6.45, 7) is 6.62. The van der Waals surface area contributed by atoms with Gasteiger partial charge in [-0.1, -0.05) is 231 Å². The minimum atomic E-state index is -0.770. The van der Waals surface area contributed by atoms with Gasteiger partial charge in [-0.15, -0.1) is 0 Å². The minimum Gasteiger partial charge on any atom is -0.462 e. The van der Waals surface area contributed by atoms with E-state index in [1.54, 1.807) is 0 Å². The van der Waals surface area contributed by atoms with Crippen LogP contribution in [0.5, 0.6) is 0 Å². The fourth-order valence-corrected chi connectivity index (χ4v) is 7.53. The molecule has 0 aliphatic carbocycles. The van der Waals surface area contributed by atoms with Crippen molar-refractivity contribution in [2.24, 2.45) is 0 Å². The molecule has 0 aromatic carbocycles. The van der Waals surface area contributed by atoms with Gasteiger partial charge in [-0.3, -0.25) is 14.4 Å². The Morgan fingerprint density at radius 3 is 0.966 bits per heavy atom. The Hall–Kier alpha value is -2.11. The number of allylic oxidation sites excluding steroid dienone is 4. The lowest BCUT2D eigenvalue weighted by molar-refractivity contribution is -0.167. The molecular weight excluding hydrogens is 733 g/mol. The quantitative estimate of drug-likeness (QED) is 0.0263. The summed E-state index contributed by atoms with van der Waals surface area (Å²) in [5.41, 5.74) is 0. The van der Waals surface area contributed by atoms with Gasteiger partial charge in [0.05, 0.1) is 0 Å². The molecule has 346 valence electrons. The van der Waals surface area contributed by atoms with Gasteiger partial charge in [0, 0.05) is 19.3 Å². The highest BCUT2D eigenvalue weighted by Gasteiger charge is 2.19. The summed E-state index contributed by atoms with van der Waals surface area (Å²) in [5, 5.41) is 0. The van der Waals surface area contributed by atoms with Crippen LogP contribution in [-0.2, 0) is 28.6 Å². The molecule has 6 heteroatoms. The molecule has 0 fully saturated rings. The van der Waals surface area contributed by atoms with Crippen LogP contribution in [0.3, 0.4) is 0 Å². The van der Waals surface area contributed by atoms with Crippen LogP contribution in [0.1, 0.15) is 278 Å². The highest BCUT2D eigenvalue weighted by molar-refractivity contribution is 5.71. The molecule has 0 aliphatic rings. The van der Waals surface area contributed by atoms with Crippen molar-refractivity contribution in [2.75, 3.05) is 13.2 Å². The van der Waals surface area contributed by atoms with E-state index in [1.165, 1.54) is 161 Å². The Balaban J connectivity index is 4.36. The second-order valence-electron chi connectivity index (χ2n) is 17.4. The third-order valence-corrected chi connectivity index (χ3v) is 11.5. The van der Waals surface area contributed by atoms with Crippen LogP contribution in [0.4, 0.5) is 0 Å². The topological polar surface area (TPSA) is 78.9 Å². The predicted molar refractivity (Wildman–Crippen MR) is 252 cm³/mol. The molecule has 0 heterocycles. The van der Waals surface area contributed by atoms with Crippen molar-refractivity contribution >= 4 is 17.9 Å². The molecule has 0 saturated carbocycles. The molecular formula is C53H98O6. The average molecular weight is 831 g/mol. The molecule has 1 atom stereocenters. The first-order valence-corrected chi connectivity index (χ1v) is 25.8. The molecule has 0 aromatic rings. The van der Waals surface area contributed by atoms with Gasteiger partial charge >= 0.3 is 17.9 Å². The lowest BCUT2D eigenvalue weighted by Gasteiger charge is -2.18. The van der Waals surface area contributed by atoms with Crippen molar-refractivity contribution in [1.29, 1.82) is 0 Å². The van der Waals surface area contributed by atoms with Crippen LogP contribution in [0.2, 0.25) is 0 Å². The smallest absolute Gasteiger partial charge is 0.306 e. The maximum absolute atomic E-state index is 12.8. The molecule has 1 unspecified atom stereocenters. The van der Waals surface area contributed by atoms with Crippen molar-refractivity contribution in [1.82, 2.24) is 0 Å². The summed E-state index contributed by atoms with van der Waals surface area (Å²) in [6.07, 6.45) is 54.4. The number of carbonyl (C=O) groups excluding carboxylic acids is 3. The molecule has 0 saturated heterocycles. The Morgan fingerprint density at radius 2 is 0.610 bits per heavy atom. The molecule has 0 aromatic heterocycles. The third kappa shape index (κ3) is 46.8. The van der Waals surface area contributed by atoms with Crippen LogP contribution in [-0.4, -0.2) is 37.2 Å². The summed E-state index contributed by atoms with van der Waals surface area (Å²) in [7, 11) is 0. The van der Waals surface area contributed by atoms with E-state index in [-0.39, 0.29) is 31.1 Å². The van der Waals surface area contributed by atoms with E-state index >= 15 is 0 Å². The first kappa shape index (κ1) is 56.9. The van der Waals surface area contributed by atoms with E-state index < -0.39 is 6.10 Å². The standard InChI is InChI=1S/C53H98O6/c1-4-7-10-13-16-19-22-25-26-29-31-34-37-40-43-46-52(55)58-49-50(59-53(56)47-44-41-38-35-32-28-24-21-18-15-12-9-6-3)48-57-51(54)45-42-39-36-33-30-27-23-20-17-14-11-8-5-2/h16,19,25-26,50H,4-15,17-18,20-24,27-49H2,1-3H3/b19-16+,26-25+. The van der Waals surface area contributed by atoms with E-state index in [9.17, 15) is 14.4 Å². The molecule has 0 aliphatic heterocycles. The van der Waals surface area contributed by atoms with Gasteiger partial charge in [0.1, 0.15) is 13.2 Å².